The lowest BCUT2D eigenvalue weighted by molar-refractivity contribution is 0.796. The molecule has 0 saturated heterocycles. The van der Waals surface area contributed by atoms with Gasteiger partial charge in [-0.15, -0.1) is 5.10 Å². The monoisotopic (exact) mass is 134 g/mol. The molecule has 0 radical (unpaired) electrons. The molecule has 2 aromatic heterocycles. The lowest BCUT2D eigenvalue weighted by Gasteiger charge is -1.88. The molecule has 0 saturated carbocycles. The number of hydrogen-bond acceptors (Lipinski definition) is 3. The third kappa shape index (κ3) is 0.586. The standard InChI is InChI=1S/C6H6N4/c1-10-6-2-3-7-9-5(6)4-8-10/h2-4H,1H3. The van der Waals surface area contributed by atoms with E-state index in [1.807, 2.05) is 13.1 Å². The van der Waals surface area contributed by atoms with E-state index < -0.39 is 0 Å². The summed E-state index contributed by atoms with van der Waals surface area (Å²) in [6, 6.07) is 1.88. The first-order valence-corrected chi connectivity index (χ1v) is 2.97. The van der Waals surface area contributed by atoms with Gasteiger partial charge in [-0.1, -0.05) is 0 Å². The van der Waals surface area contributed by atoms with Crippen LogP contribution in [0.2, 0.25) is 0 Å². The average Bonchev–Trinajstić information content (AvgIpc) is 2.34. The molecular formula is C6H6N4. The van der Waals surface area contributed by atoms with E-state index in [4.69, 9.17) is 0 Å². The Kier molecular flexibility index (Phi) is 0.943. The highest BCUT2D eigenvalue weighted by Gasteiger charge is 1.96. The van der Waals surface area contributed by atoms with Crippen LogP contribution >= 0.6 is 0 Å². The fourth-order valence-corrected chi connectivity index (χ4v) is 0.905. The number of hydrogen-bond donors (Lipinski definition) is 0. The van der Waals surface area contributed by atoms with Gasteiger partial charge in [0, 0.05) is 7.05 Å². The summed E-state index contributed by atoms with van der Waals surface area (Å²) in [6.45, 7) is 0. The van der Waals surface area contributed by atoms with Crippen LogP contribution in [-0.2, 0) is 7.05 Å². The SMILES string of the molecule is Cn1ncc2nnccc21. The molecule has 0 unspecified atom stereocenters. The third-order valence-corrected chi connectivity index (χ3v) is 1.43. The average molecular weight is 134 g/mol. The van der Waals surface area contributed by atoms with Crippen LogP contribution in [0.5, 0.6) is 0 Å². The fourth-order valence-electron chi connectivity index (χ4n) is 0.905. The van der Waals surface area contributed by atoms with Crippen molar-refractivity contribution in [2.75, 3.05) is 0 Å². The summed E-state index contributed by atoms with van der Waals surface area (Å²) >= 11 is 0. The smallest absolute Gasteiger partial charge is 0.131 e. The molecule has 4 nitrogen and oxygen atoms in total. The van der Waals surface area contributed by atoms with Gasteiger partial charge in [0.15, 0.2) is 0 Å². The first-order valence-electron chi connectivity index (χ1n) is 2.97. The first kappa shape index (κ1) is 5.34. The molecule has 0 aliphatic carbocycles. The van der Waals surface area contributed by atoms with Crippen molar-refractivity contribution in [3.63, 3.8) is 0 Å². The zero-order valence-corrected chi connectivity index (χ0v) is 5.52. The van der Waals surface area contributed by atoms with Gasteiger partial charge < -0.3 is 0 Å². The second-order valence-electron chi connectivity index (χ2n) is 2.07. The summed E-state index contributed by atoms with van der Waals surface area (Å²) in [4.78, 5) is 0. The van der Waals surface area contributed by atoms with Crippen molar-refractivity contribution in [3.05, 3.63) is 18.5 Å². The molecule has 0 fully saturated rings. The third-order valence-electron chi connectivity index (χ3n) is 1.43. The largest absolute Gasteiger partial charge is 0.266 e. The summed E-state index contributed by atoms with van der Waals surface area (Å²) in [7, 11) is 1.88. The van der Waals surface area contributed by atoms with E-state index in [2.05, 4.69) is 15.3 Å². The molecule has 4 heteroatoms. The molecule has 0 atom stereocenters. The van der Waals surface area contributed by atoms with Gasteiger partial charge in [-0.05, 0) is 6.07 Å². The zero-order valence-electron chi connectivity index (χ0n) is 5.52. The highest BCUT2D eigenvalue weighted by molar-refractivity contribution is 5.72. The Hall–Kier alpha value is -1.45. The Morgan fingerprint density at radius 2 is 2.40 bits per heavy atom. The quantitative estimate of drug-likeness (QED) is 0.522. The molecule has 0 aromatic carbocycles. The van der Waals surface area contributed by atoms with Crippen LogP contribution in [0.3, 0.4) is 0 Å². The predicted octanol–water partition coefficient (Wildman–Crippen LogP) is 0.363. The van der Waals surface area contributed by atoms with Gasteiger partial charge in [0.05, 0.1) is 17.9 Å². The molecule has 2 aromatic rings. The molecule has 2 rings (SSSR count). The maximum atomic E-state index is 4.01. The maximum absolute atomic E-state index is 4.01. The summed E-state index contributed by atoms with van der Waals surface area (Å²) in [5.41, 5.74) is 1.85. The predicted molar refractivity (Wildman–Crippen MR) is 36.3 cm³/mol. The van der Waals surface area contributed by atoms with E-state index in [0.717, 1.165) is 11.0 Å². The van der Waals surface area contributed by atoms with E-state index in [1.54, 1.807) is 17.1 Å². The first-order chi connectivity index (χ1) is 4.88. The molecule has 50 valence electrons. The van der Waals surface area contributed by atoms with E-state index >= 15 is 0 Å². The summed E-state index contributed by atoms with van der Waals surface area (Å²) in [5.74, 6) is 0. The Morgan fingerprint density at radius 3 is 3.20 bits per heavy atom. The van der Waals surface area contributed by atoms with Crippen molar-refractivity contribution < 1.29 is 0 Å². The number of rotatable bonds is 0. The number of aryl methyl sites for hydroxylation is 1. The molecule has 0 spiro atoms. The van der Waals surface area contributed by atoms with E-state index in [0.29, 0.717) is 0 Å². The molecule has 2 heterocycles. The highest BCUT2D eigenvalue weighted by Crippen LogP contribution is 2.05. The normalized spacial score (nSPS) is 10.5. The van der Waals surface area contributed by atoms with Crippen LogP contribution in [0.4, 0.5) is 0 Å². The van der Waals surface area contributed by atoms with Gasteiger partial charge in [-0.3, -0.25) is 4.68 Å². The van der Waals surface area contributed by atoms with Gasteiger partial charge >= 0.3 is 0 Å². The van der Waals surface area contributed by atoms with E-state index in [-0.39, 0.29) is 0 Å². The van der Waals surface area contributed by atoms with Crippen molar-refractivity contribution in [3.8, 4) is 0 Å². The van der Waals surface area contributed by atoms with E-state index in [1.165, 1.54) is 0 Å². The van der Waals surface area contributed by atoms with Crippen LogP contribution in [-0.4, -0.2) is 20.0 Å². The van der Waals surface area contributed by atoms with Crippen LogP contribution in [0.1, 0.15) is 0 Å². The van der Waals surface area contributed by atoms with Gasteiger partial charge in [-0.25, -0.2) is 0 Å². The van der Waals surface area contributed by atoms with Gasteiger partial charge in [0.2, 0.25) is 0 Å². The Bertz CT molecular complexity index is 351. The summed E-state index contributed by atoms with van der Waals surface area (Å²) in [5, 5.41) is 11.6. The Balaban J connectivity index is 2.93. The lowest BCUT2D eigenvalue weighted by atomic mass is 10.4. The molecule has 0 bridgehead atoms. The molecule has 0 N–H and O–H groups in total. The van der Waals surface area contributed by atoms with Crippen molar-refractivity contribution in [1.82, 2.24) is 20.0 Å². The summed E-state index contributed by atoms with van der Waals surface area (Å²) in [6.07, 6.45) is 3.35. The minimum absolute atomic E-state index is 0.838. The van der Waals surface area contributed by atoms with Crippen LogP contribution < -0.4 is 0 Å². The summed E-state index contributed by atoms with van der Waals surface area (Å²) < 4.78 is 1.77. The number of nitrogens with zero attached hydrogens (tertiary/aromatic N) is 4. The van der Waals surface area contributed by atoms with Crippen LogP contribution in [0.25, 0.3) is 11.0 Å². The molecule has 0 aliphatic heterocycles. The minimum Gasteiger partial charge on any atom is -0.266 e. The minimum atomic E-state index is 0.838. The molecule has 0 amide bonds. The topological polar surface area (TPSA) is 43.6 Å². The lowest BCUT2D eigenvalue weighted by Crippen LogP contribution is -1.88. The fraction of sp³-hybridized carbons (Fsp3) is 0.167. The van der Waals surface area contributed by atoms with E-state index in [9.17, 15) is 0 Å². The van der Waals surface area contributed by atoms with Crippen molar-refractivity contribution in [2.45, 2.75) is 0 Å². The second kappa shape index (κ2) is 1.76. The maximum Gasteiger partial charge on any atom is 0.131 e. The zero-order chi connectivity index (χ0) is 6.97. The Labute approximate surface area is 57.5 Å². The van der Waals surface area contributed by atoms with Crippen LogP contribution in [0.15, 0.2) is 18.5 Å². The molecular weight excluding hydrogens is 128 g/mol. The highest BCUT2D eigenvalue weighted by atomic mass is 15.3. The molecule has 10 heavy (non-hydrogen) atoms. The van der Waals surface area contributed by atoms with Gasteiger partial charge in [0.1, 0.15) is 5.52 Å². The second-order valence-corrected chi connectivity index (χ2v) is 2.07. The molecule has 0 aliphatic rings. The number of fused-ring (bicyclic) bond motifs is 1. The van der Waals surface area contributed by atoms with Crippen LogP contribution in [0, 0.1) is 0 Å². The van der Waals surface area contributed by atoms with Crippen molar-refractivity contribution in [1.29, 1.82) is 0 Å². The van der Waals surface area contributed by atoms with Crippen molar-refractivity contribution in [2.24, 2.45) is 7.05 Å². The van der Waals surface area contributed by atoms with Gasteiger partial charge in [-0.2, -0.15) is 10.2 Å². The van der Waals surface area contributed by atoms with Gasteiger partial charge in [0.25, 0.3) is 0 Å². The van der Waals surface area contributed by atoms with Crippen molar-refractivity contribution >= 4 is 11.0 Å². The number of aromatic nitrogens is 4. The Morgan fingerprint density at radius 1 is 1.50 bits per heavy atom.